The molecule has 2 N–H and O–H groups in total. The lowest BCUT2D eigenvalue weighted by atomic mass is 9.96. The molecule has 0 heterocycles. The Labute approximate surface area is 81.0 Å². The van der Waals surface area contributed by atoms with E-state index in [0.717, 1.165) is 12.8 Å². The van der Waals surface area contributed by atoms with Gasteiger partial charge in [-0.1, -0.05) is 25.1 Å². The summed E-state index contributed by atoms with van der Waals surface area (Å²) < 4.78 is 0. The predicted octanol–water partition coefficient (Wildman–Crippen LogP) is 2.45. The molecule has 0 saturated heterocycles. The highest BCUT2D eigenvalue weighted by atomic mass is 14.6. The summed E-state index contributed by atoms with van der Waals surface area (Å²) in [7, 11) is 0. The zero-order valence-corrected chi connectivity index (χ0v) is 8.80. The van der Waals surface area contributed by atoms with E-state index in [1.54, 1.807) is 0 Å². The van der Waals surface area contributed by atoms with Crippen LogP contribution in [0, 0.1) is 6.92 Å². The Morgan fingerprint density at radius 3 is 2.62 bits per heavy atom. The smallest absolute Gasteiger partial charge is 0.00510 e. The molecule has 0 radical (unpaired) electrons. The number of hydrogen-bond donors (Lipinski definition) is 1. The molecule has 1 rings (SSSR count). The van der Waals surface area contributed by atoms with Crippen molar-refractivity contribution in [3.05, 3.63) is 34.9 Å². The third kappa shape index (κ3) is 2.56. The maximum Gasteiger partial charge on any atom is 0.00510 e. The van der Waals surface area contributed by atoms with Crippen molar-refractivity contribution >= 4 is 0 Å². The van der Waals surface area contributed by atoms with Crippen LogP contribution < -0.4 is 5.73 Å². The van der Waals surface area contributed by atoms with Crippen LogP contribution in [-0.2, 0) is 12.8 Å². The largest absolute Gasteiger partial charge is 0.328 e. The lowest BCUT2D eigenvalue weighted by molar-refractivity contribution is 0.731. The minimum absolute atomic E-state index is 0.257. The van der Waals surface area contributed by atoms with Crippen LogP contribution in [0.4, 0.5) is 0 Å². The van der Waals surface area contributed by atoms with Crippen molar-refractivity contribution in [1.29, 1.82) is 0 Å². The normalized spacial score (nSPS) is 12.9. The summed E-state index contributed by atoms with van der Waals surface area (Å²) in [6.07, 6.45) is 2.10. The van der Waals surface area contributed by atoms with E-state index in [0.29, 0.717) is 0 Å². The lowest BCUT2D eigenvalue weighted by Crippen LogP contribution is -2.18. The van der Waals surface area contributed by atoms with Gasteiger partial charge in [-0.05, 0) is 43.4 Å². The molecule has 0 unspecified atom stereocenters. The minimum Gasteiger partial charge on any atom is -0.328 e. The first-order chi connectivity index (χ1) is 6.15. The van der Waals surface area contributed by atoms with Gasteiger partial charge in [0, 0.05) is 6.04 Å². The number of hydrogen-bond acceptors (Lipinski definition) is 1. The molecule has 0 aliphatic carbocycles. The van der Waals surface area contributed by atoms with E-state index in [4.69, 9.17) is 5.73 Å². The van der Waals surface area contributed by atoms with E-state index in [9.17, 15) is 0 Å². The average Bonchev–Trinajstić information content (AvgIpc) is 2.03. The van der Waals surface area contributed by atoms with Crippen LogP contribution in [0.3, 0.4) is 0 Å². The fraction of sp³-hybridized carbons (Fsp3) is 0.500. The molecule has 0 spiro atoms. The first kappa shape index (κ1) is 10.3. The standard InChI is InChI=1S/C12H19N/c1-4-12-9(2)6-5-7-11(12)8-10(3)13/h5-7,10H,4,8,13H2,1-3H3/t10-/m1/s1. The Morgan fingerprint density at radius 1 is 1.38 bits per heavy atom. The molecular formula is C12H19N. The van der Waals surface area contributed by atoms with Crippen molar-refractivity contribution in [2.45, 2.75) is 39.7 Å². The Kier molecular flexibility index (Phi) is 3.49. The Balaban J connectivity index is 2.98. The van der Waals surface area contributed by atoms with Crippen LogP contribution in [0.1, 0.15) is 30.5 Å². The van der Waals surface area contributed by atoms with Crippen molar-refractivity contribution in [3.8, 4) is 0 Å². The molecule has 0 aliphatic rings. The highest BCUT2D eigenvalue weighted by molar-refractivity contribution is 5.34. The molecule has 0 bridgehead atoms. The molecule has 1 nitrogen and oxygen atoms in total. The van der Waals surface area contributed by atoms with Crippen LogP contribution >= 0.6 is 0 Å². The summed E-state index contributed by atoms with van der Waals surface area (Å²) in [5.41, 5.74) is 10.1. The molecule has 0 aliphatic heterocycles. The third-order valence-corrected chi connectivity index (χ3v) is 2.40. The van der Waals surface area contributed by atoms with E-state index in [2.05, 4.69) is 39.0 Å². The topological polar surface area (TPSA) is 26.0 Å². The van der Waals surface area contributed by atoms with Gasteiger partial charge in [-0.3, -0.25) is 0 Å². The van der Waals surface area contributed by atoms with Gasteiger partial charge in [0.25, 0.3) is 0 Å². The Bertz CT molecular complexity index is 276. The summed E-state index contributed by atoms with van der Waals surface area (Å²) in [4.78, 5) is 0. The van der Waals surface area contributed by atoms with Crippen molar-refractivity contribution in [2.24, 2.45) is 5.73 Å². The van der Waals surface area contributed by atoms with Crippen LogP contribution in [0.15, 0.2) is 18.2 Å². The van der Waals surface area contributed by atoms with E-state index < -0.39 is 0 Å². The van der Waals surface area contributed by atoms with Crippen LogP contribution in [0.2, 0.25) is 0 Å². The fourth-order valence-electron chi connectivity index (χ4n) is 1.81. The van der Waals surface area contributed by atoms with E-state index >= 15 is 0 Å². The van der Waals surface area contributed by atoms with E-state index in [-0.39, 0.29) is 6.04 Å². The van der Waals surface area contributed by atoms with Crippen LogP contribution in [-0.4, -0.2) is 6.04 Å². The highest BCUT2D eigenvalue weighted by Crippen LogP contribution is 2.16. The second-order valence-corrected chi connectivity index (χ2v) is 3.75. The van der Waals surface area contributed by atoms with Gasteiger partial charge in [0.15, 0.2) is 0 Å². The van der Waals surface area contributed by atoms with Crippen molar-refractivity contribution < 1.29 is 0 Å². The first-order valence-corrected chi connectivity index (χ1v) is 4.98. The summed E-state index contributed by atoms with van der Waals surface area (Å²) in [6.45, 7) is 6.43. The average molecular weight is 177 g/mol. The fourth-order valence-corrected chi connectivity index (χ4v) is 1.81. The first-order valence-electron chi connectivity index (χ1n) is 4.98. The molecule has 0 saturated carbocycles. The number of nitrogens with two attached hydrogens (primary N) is 1. The van der Waals surface area contributed by atoms with Crippen molar-refractivity contribution in [1.82, 2.24) is 0 Å². The molecule has 1 atom stereocenters. The zero-order chi connectivity index (χ0) is 9.84. The van der Waals surface area contributed by atoms with Gasteiger partial charge in [0.2, 0.25) is 0 Å². The van der Waals surface area contributed by atoms with Gasteiger partial charge < -0.3 is 5.73 Å². The molecule has 13 heavy (non-hydrogen) atoms. The molecule has 1 aromatic rings. The minimum atomic E-state index is 0.257. The number of aryl methyl sites for hydroxylation is 1. The number of benzene rings is 1. The summed E-state index contributed by atoms with van der Waals surface area (Å²) >= 11 is 0. The molecule has 0 fully saturated rings. The SMILES string of the molecule is CCc1c(C)cccc1C[C@@H](C)N. The van der Waals surface area contributed by atoms with Gasteiger partial charge in [-0.15, -0.1) is 0 Å². The van der Waals surface area contributed by atoms with Gasteiger partial charge in [0.1, 0.15) is 0 Å². The number of rotatable bonds is 3. The van der Waals surface area contributed by atoms with Crippen molar-refractivity contribution in [3.63, 3.8) is 0 Å². The maximum atomic E-state index is 5.80. The van der Waals surface area contributed by atoms with Gasteiger partial charge in [0.05, 0.1) is 0 Å². The molecule has 1 heteroatoms. The second-order valence-electron chi connectivity index (χ2n) is 3.75. The summed E-state index contributed by atoms with van der Waals surface area (Å²) in [5, 5.41) is 0. The second kappa shape index (κ2) is 4.43. The Morgan fingerprint density at radius 2 is 2.08 bits per heavy atom. The predicted molar refractivity (Wildman–Crippen MR) is 57.9 cm³/mol. The van der Waals surface area contributed by atoms with Crippen LogP contribution in [0.5, 0.6) is 0 Å². The molecular weight excluding hydrogens is 158 g/mol. The van der Waals surface area contributed by atoms with Crippen molar-refractivity contribution in [2.75, 3.05) is 0 Å². The molecule has 1 aromatic carbocycles. The highest BCUT2D eigenvalue weighted by Gasteiger charge is 2.04. The van der Waals surface area contributed by atoms with Gasteiger partial charge in [-0.2, -0.15) is 0 Å². The molecule has 72 valence electrons. The Hall–Kier alpha value is -0.820. The third-order valence-electron chi connectivity index (χ3n) is 2.40. The van der Waals surface area contributed by atoms with E-state index in [1.807, 2.05) is 0 Å². The van der Waals surface area contributed by atoms with Gasteiger partial charge >= 0.3 is 0 Å². The molecule has 0 aromatic heterocycles. The summed E-state index contributed by atoms with van der Waals surface area (Å²) in [6, 6.07) is 6.73. The zero-order valence-electron chi connectivity index (χ0n) is 8.80. The van der Waals surface area contributed by atoms with Gasteiger partial charge in [-0.25, -0.2) is 0 Å². The maximum absolute atomic E-state index is 5.80. The quantitative estimate of drug-likeness (QED) is 0.754. The molecule has 0 amide bonds. The van der Waals surface area contributed by atoms with Crippen LogP contribution in [0.25, 0.3) is 0 Å². The monoisotopic (exact) mass is 177 g/mol. The van der Waals surface area contributed by atoms with E-state index in [1.165, 1.54) is 16.7 Å². The summed E-state index contributed by atoms with van der Waals surface area (Å²) in [5.74, 6) is 0. The lowest BCUT2D eigenvalue weighted by Gasteiger charge is -2.12.